The maximum Gasteiger partial charge on any atom is 0.226 e. The molecule has 1 aliphatic rings. The van der Waals surface area contributed by atoms with Gasteiger partial charge in [0.25, 0.3) is 0 Å². The number of aromatic nitrogens is 1. The summed E-state index contributed by atoms with van der Waals surface area (Å²) < 4.78 is 11.7. The fraction of sp³-hybridized carbons (Fsp3) is 0.526. The molecule has 3 N–H and O–H groups in total. The second-order valence-corrected chi connectivity index (χ2v) is 6.41. The number of hydrogen-bond acceptors (Lipinski definition) is 4. The summed E-state index contributed by atoms with van der Waals surface area (Å²) in [5.74, 6) is 2.29. The minimum absolute atomic E-state index is 0. The Kier molecular flexibility index (Phi) is 6.37. The van der Waals surface area contributed by atoms with Crippen LogP contribution in [0.2, 0.25) is 0 Å². The monoisotopic (exact) mass is 316 g/mol. The van der Waals surface area contributed by atoms with Crippen molar-refractivity contribution < 1.29 is 9.15 Å². The summed E-state index contributed by atoms with van der Waals surface area (Å²) in [5.41, 5.74) is 3.16. The van der Waals surface area contributed by atoms with Gasteiger partial charge in [-0.1, -0.05) is 37.0 Å². The number of ether oxygens (including phenoxy) is 1. The first-order valence-electron chi connectivity index (χ1n) is 8.33. The van der Waals surface area contributed by atoms with E-state index < -0.39 is 0 Å². The molecule has 0 atom stereocenters. The minimum atomic E-state index is 0. The van der Waals surface area contributed by atoms with E-state index in [0.29, 0.717) is 12.5 Å². The molecule has 0 radical (unpaired) electrons. The lowest BCUT2D eigenvalue weighted by molar-refractivity contribution is 0.0716. The van der Waals surface area contributed by atoms with Gasteiger partial charge in [0.1, 0.15) is 11.5 Å². The van der Waals surface area contributed by atoms with Crippen LogP contribution in [0.15, 0.2) is 28.7 Å². The molecule has 1 fully saturated rings. The zero-order chi connectivity index (χ0) is 15.4. The van der Waals surface area contributed by atoms with Crippen LogP contribution in [0.5, 0.6) is 0 Å². The van der Waals surface area contributed by atoms with Crippen molar-refractivity contribution in [1.82, 2.24) is 11.1 Å². The number of oxazole rings is 1. The van der Waals surface area contributed by atoms with Gasteiger partial charge in [0.15, 0.2) is 0 Å². The number of rotatable bonds is 5. The van der Waals surface area contributed by atoms with Crippen molar-refractivity contribution >= 4 is 0 Å². The number of benzene rings is 1. The van der Waals surface area contributed by atoms with Crippen LogP contribution in [0.25, 0.3) is 11.5 Å². The molecule has 0 spiro atoms. The zero-order valence-corrected chi connectivity index (χ0v) is 14.3. The normalized spacial score (nSPS) is 15.4. The van der Waals surface area contributed by atoms with Crippen LogP contribution < -0.4 is 6.15 Å². The van der Waals surface area contributed by atoms with Gasteiger partial charge in [0.2, 0.25) is 5.89 Å². The molecule has 0 saturated heterocycles. The molecule has 1 aromatic carbocycles. The summed E-state index contributed by atoms with van der Waals surface area (Å²) in [6, 6.07) is 8.24. The Morgan fingerprint density at radius 2 is 1.96 bits per heavy atom. The molecule has 126 valence electrons. The lowest BCUT2D eigenvalue weighted by Gasteiger charge is -2.20. The van der Waals surface area contributed by atoms with Crippen LogP contribution in [0.3, 0.4) is 0 Å². The lowest BCUT2D eigenvalue weighted by Crippen LogP contribution is -2.13. The largest absolute Gasteiger partial charge is 0.441 e. The topological polar surface area (TPSA) is 70.3 Å². The Bertz CT molecular complexity index is 616. The van der Waals surface area contributed by atoms with Gasteiger partial charge in [0, 0.05) is 12.2 Å². The molecule has 4 heteroatoms. The molecule has 1 aliphatic carbocycles. The maximum atomic E-state index is 5.89. The van der Waals surface area contributed by atoms with E-state index in [9.17, 15) is 0 Å². The average molecular weight is 316 g/mol. The maximum absolute atomic E-state index is 5.89. The van der Waals surface area contributed by atoms with E-state index in [2.05, 4.69) is 24.0 Å². The van der Waals surface area contributed by atoms with E-state index in [1.54, 1.807) is 0 Å². The number of nitrogens with zero attached hydrogens (tertiary/aromatic N) is 1. The van der Waals surface area contributed by atoms with Crippen LogP contribution in [-0.4, -0.2) is 11.6 Å². The third-order valence-electron chi connectivity index (χ3n) is 4.47. The molecule has 4 nitrogen and oxygen atoms in total. The molecule has 1 aromatic heterocycles. The fourth-order valence-corrected chi connectivity index (χ4v) is 3.14. The number of hydrogen-bond donors (Lipinski definition) is 1. The van der Waals surface area contributed by atoms with Crippen molar-refractivity contribution in [2.45, 2.75) is 52.6 Å². The van der Waals surface area contributed by atoms with Crippen molar-refractivity contribution in [2.75, 3.05) is 6.61 Å². The highest BCUT2D eigenvalue weighted by Gasteiger charge is 2.15. The van der Waals surface area contributed by atoms with Crippen molar-refractivity contribution in [1.29, 1.82) is 0 Å². The molecule has 3 rings (SSSR count). The predicted molar refractivity (Wildman–Crippen MR) is 92.7 cm³/mol. The van der Waals surface area contributed by atoms with E-state index >= 15 is 0 Å². The third-order valence-corrected chi connectivity index (χ3v) is 4.47. The minimum Gasteiger partial charge on any atom is -0.441 e. The van der Waals surface area contributed by atoms with Crippen molar-refractivity contribution in [2.24, 2.45) is 5.92 Å². The van der Waals surface area contributed by atoms with E-state index in [0.717, 1.165) is 29.5 Å². The summed E-state index contributed by atoms with van der Waals surface area (Å²) in [5, 5.41) is 0. The molecule has 2 aromatic rings. The van der Waals surface area contributed by atoms with Crippen LogP contribution in [-0.2, 0) is 11.3 Å². The van der Waals surface area contributed by atoms with Gasteiger partial charge in [-0.25, -0.2) is 4.98 Å². The van der Waals surface area contributed by atoms with Crippen LogP contribution in [0, 0.1) is 19.8 Å². The summed E-state index contributed by atoms with van der Waals surface area (Å²) >= 11 is 0. The summed E-state index contributed by atoms with van der Waals surface area (Å²) in [6.07, 6.45) is 6.72. The SMILES string of the molecule is Cc1cccc(-c2nc(COCC3CCCCC3)c(C)o2)c1.N. The Labute approximate surface area is 138 Å². The number of aryl methyl sites for hydroxylation is 2. The summed E-state index contributed by atoms with van der Waals surface area (Å²) in [4.78, 5) is 4.61. The molecular weight excluding hydrogens is 288 g/mol. The smallest absolute Gasteiger partial charge is 0.226 e. The first-order chi connectivity index (χ1) is 10.7. The van der Waals surface area contributed by atoms with Crippen LogP contribution in [0.1, 0.15) is 49.1 Å². The molecular formula is C19H28N2O2. The molecule has 0 unspecified atom stereocenters. The van der Waals surface area contributed by atoms with Gasteiger partial charge in [-0.3, -0.25) is 0 Å². The average Bonchev–Trinajstić information content (AvgIpc) is 2.90. The highest BCUT2D eigenvalue weighted by atomic mass is 16.5. The van der Waals surface area contributed by atoms with E-state index in [4.69, 9.17) is 9.15 Å². The van der Waals surface area contributed by atoms with Crippen LogP contribution in [0.4, 0.5) is 0 Å². The molecule has 0 aliphatic heterocycles. The van der Waals surface area contributed by atoms with E-state index in [-0.39, 0.29) is 6.15 Å². The highest BCUT2D eigenvalue weighted by molar-refractivity contribution is 5.54. The van der Waals surface area contributed by atoms with Gasteiger partial charge < -0.3 is 15.3 Å². The summed E-state index contributed by atoms with van der Waals surface area (Å²) in [7, 11) is 0. The van der Waals surface area contributed by atoms with Gasteiger partial charge in [0.05, 0.1) is 6.61 Å². The van der Waals surface area contributed by atoms with Crippen LogP contribution >= 0.6 is 0 Å². The second-order valence-electron chi connectivity index (χ2n) is 6.41. The van der Waals surface area contributed by atoms with Gasteiger partial charge in [-0.2, -0.15) is 0 Å². The quantitative estimate of drug-likeness (QED) is 0.821. The first kappa shape index (κ1) is 17.7. The zero-order valence-electron chi connectivity index (χ0n) is 14.3. The Morgan fingerprint density at radius 3 is 2.70 bits per heavy atom. The van der Waals surface area contributed by atoms with Gasteiger partial charge >= 0.3 is 0 Å². The fourth-order valence-electron chi connectivity index (χ4n) is 3.14. The Morgan fingerprint density at radius 1 is 1.17 bits per heavy atom. The van der Waals surface area contributed by atoms with Crippen molar-refractivity contribution in [3.05, 3.63) is 41.3 Å². The van der Waals surface area contributed by atoms with Crippen molar-refractivity contribution in [3.63, 3.8) is 0 Å². The van der Waals surface area contributed by atoms with E-state index in [1.165, 1.54) is 37.7 Å². The predicted octanol–water partition coefficient (Wildman–Crippen LogP) is 5.22. The standard InChI is InChI=1S/C19H25NO2.H3N/c1-14-7-6-10-17(11-14)19-20-18(15(2)22-19)13-21-12-16-8-4-3-5-9-16;/h6-7,10-11,16H,3-5,8-9,12-13H2,1-2H3;1H3. The Hall–Kier alpha value is -1.65. The second kappa shape index (κ2) is 8.27. The van der Waals surface area contributed by atoms with Gasteiger partial charge in [-0.05, 0) is 44.7 Å². The highest BCUT2D eigenvalue weighted by Crippen LogP contribution is 2.25. The third kappa shape index (κ3) is 4.66. The van der Waals surface area contributed by atoms with E-state index in [1.807, 2.05) is 19.1 Å². The van der Waals surface area contributed by atoms with Gasteiger partial charge in [-0.15, -0.1) is 0 Å². The molecule has 1 saturated carbocycles. The first-order valence-corrected chi connectivity index (χ1v) is 8.33. The Balaban J connectivity index is 0.00000192. The molecule has 23 heavy (non-hydrogen) atoms. The lowest BCUT2D eigenvalue weighted by atomic mass is 9.90. The summed E-state index contributed by atoms with van der Waals surface area (Å²) in [6.45, 7) is 5.45. The molecule has 0 bridgehead atoms. The molecule has 0 amide bonds. The van der Waals surface area contributed by atoms with Crippen molar-refractivity contribution in [3.8, 4) is 11.5 Å². The molecule has 1 heterocycles.